The minimum atomic E-state index is -0.393. The van der Waals surface area contributed by atoms with Crippen molar-refractivity contribution in [2.45, 2.75) is 33.6 Å². The lowest BCUT2D eigenvalue weighted by Gasteiger charge is -2.29. The number of nitriles is 1. The van der Waals surface area contributed by atoms with Crippen LogP contribution in [0.1, 0.15) is 46.1 Å². The van der Waals surface area contributed by atoms with Crippen LogP contribution in [-0.2, 0) is 4.79 Å². The molecule has 0 amide bonds. The number of nitrogens with zero attached hydrogens (tertiary/aromatic N) is 1. The van der Waals surface area contributed by atoms with E-state index in [-0.39, 0.29) is 17.3 Å². The van der Waals surface area contributed by atoms with Crippen LogP contribution in [0.4, 0.5) is 0 Å². The van der Waals surface area contributed by atoms with E-state index in [9.17, 15) is 14.9 Å². The van der Waals surface area contributed by atoms with Crippen molar-refractivity contribution >= 4 is 34.7 Å². The van der Waals surface area contributed by atoms with Gasteiger partial charge in [0.25, 0.3) is 0 Å². The number of nitrogens with one attached hydrogen (secondary N) is 1. The molecule has 1 atom stereocenters. The average molecular weight is 423 g/mol. The fourth-order valence-corrected chi connectivity index (χ4v) is 5.43. The summed E-state index contributed by atoms with van der Waals surface area (Å²) in [5, 5.41) is 15.8. The third kappa shape index (κ3) is 4.36. The second-order valence-electron chi connectivity index (χ2n) is 7.05. The zero-order valence-electron chi connectivity index (χ0n) is 16.8. The molecule has 0 bridgehead atoms. The number of aryl methyl sites for hydroxylation is 2. The Balaban J connectivity index is 1.94. The van der Waals surface area contributed by atoms with Gasteiger partial charge in [0.05, 0.1) is 28.3 Å². The molecule has 1 aliphatic heterocycles. The summed E-state index contributed by atoms with van der Waals surface area (Å²) in [4.78, 5) is 26.0. The van der Waals surface area contributed by atoms with Crippen LogP contribution >= 0.6 is 23.1 Å². The fourth-order valence-electron chi connectivity index (χ4n) is 3.40. The zero-order valence-corrected chi connectivity index (χ0v) is 18.5. The van der Waals surface area contributed by atoms with E-state index in [4.69, 9.17) is 0 Å². The number of allylic oxidation sites excluding steroid dienone is 3. The van der Waals surface area contributed by atoms with E-state index in [0.29, 0.717) is 21.7 Å². The third-order valence-corrected chi connectivity index (χ3v) is 7.01. The maximum Gasteiger partial charge on any atom is 0.173 e. The quantitative estimate of drug-likeness (QED) is 0.643. The highest BCUT2D eigenvalue weighted by Crippen LogP contribution is 2.43. The average Bonchev–Trinajstić information content (AvgIpc) is 3.11. The molecular formula is C23H22N2O2S2. The number of rotatable bonds is 6. The maximum atomic E-state index is 12.6. The molecule has 2 aromatic rings. The highest BCUT2D eigenvalue weighted by molar-refractivity contribution is 8.03. The van der Waals surface area contributed by atoms with Crippen molar-refractivity contribution in [3.8, 4) is 6.07 Å². The van der Waals surface area contributed by atoms with Gasteiger partial charge in [-0.3, -0.25) is 9.59 Å². The SMILES string of the molecule is CC(=O)C1=C(C)NC(SCC(=O)c2ccc(C)cc2)=C(C#N)[C@H]1c1sccc1C. The molecule has 3 rings (SSSR count). The van der Waals surface area contributed by atoms with Crippen LogP contribution in [0.2, 0.25) is 0 Å². The van der Waals surface area contributed by atoms with E-state index in [1.165, 1.54) is 18.7 Å². The second kappa shape index (κ2) is 8.81. The predicted octanol–water partition coefficient (Wildman–Crippen LogP) is 5.27. The molecule has 1 aromatic carbocycles. The fraction of sp³-hybridized carbons (Fsp3) is 0.261. The molecule has 0 spiro atoms. The van der Waals surface area contributed by atoms with E-state index in [1.807, 2.05) is 56.5 Å². The standard InChI is InChI=1S/C23H22N2O2S2/c1-13-5-7-17(8-6-13)19(27)12-29-23-18(11-24)21(22-14(2)9-10-28-22)20(16(4)26)15(3)25-23/h5-10,21,25H,12H2,1-4H3/t21-/m1/s1. The summed E-state index contributed by atoms with van der Waals surface area (Å²) < 4.78 is 0. The molecule has 0 saturated carbocycles. The highest BCUT2D eigenvalue weighted by atomic mass is 32.2. The third-order valence-electron chi connectivity index (χ3n) is 4.91. The van der Waals surface area contributed by atoms with Gasteiger partial charge in [0.2, 0.25) is 0 Å². The molecule has 2 heterocycles. The molecule has 0 aliphatic carbocycles. The van der Waals surface area contributed by atoms with Crippen LogP contribution in [0.3, 0.4) is 0 Å². The van der Waals surface area contributed by atoms with Gasteiger partial charge in [-0.2, -0.15) is 5.26 Å². The summed E-state index contributed by atoms with van der Waals surface area (Å²) in [5.74, 6) is -0.226. The number of carbonyl (C=O) groups is 2. The number of ketones is 2. The van der Waals surface area contributed by atoms with Crippen LogP contribution in [0.15, 0.2) is 57.6 Å². The summed E-state index contributed by atoms with van der Waals surface area (Å²) in [6.45, 7) is 7.35. The van der Waals surface area contributed by atoms with Gasteiger partial charge in [0.15, 0.2) is 11.6 Å². The highest BCUT2D eigenvalue weighted by Gasteiger charge is 2.34. The maximum absolute atomic E-state index is 12.6. The number of dihydropyridines is 1. The van der Waals surface area contributed by atoms with E-state index in [0.717, 1.165) is 21.7 Å². The van der Waals surface area contributed by atoms with Crippen molar-refractivity contribution in [2.24, 2.45) is 0 Å². The van der Waals surface area contributed by atoms with Crippen LogP contribution in [0.25, 0.3) is 0 Å². The Kier molecular flexibility index (Phi) is 6.41. The number of thiophene rings is 1. The number of thioether (sulfide) groups is 1. The van der Waals surface area contributed by atoms with E-state index in [1.54, 1.807) is 11.3 Å². The molecule has 29 heavy (non-hydrogen) atoms. The van der Waals surface area contributed by atoms with Crippen molar-refractivity contribution in [3.05, 3.63) is 79.2 Å². The molecule has 1 aliphatic rings. The minimum Gasteiger partial charge on any atom is -0.353 e. The van der Waals surface area contributed by atoms with Crippen LogP contribution in [0.5, 0.6) is 0 Å². The monoisotopic (exact) mass is 422 g/mol. The van der Waals surface area contributed by atoms with Crippen molar-refractivity contribution < 1.29 is 9.59 Å². The Bertz CT molecular complexity index is 1070. The van der Waals surface area contributed by atoms with Crippen molar-refractivity contribution in [1.82, 2.24) is 5.32 Å². The number of carbonyl (C=O) groups excluding carboxylic acids is 2. The number of hydrogen-bond acceptors (Lipinski definition) is 6. The topological polar surface area (TPSA) is 70.0 Å². The summed E-state index contributed by atoms with van der Waals surface area (Å²) in [6.07, 6.45) is 0. The van der Waals surface area contributed by atoms with Crippen LogP contribution < -0.4 is 5.32 Å². The Morgan fingerprint density at radius 3 is 2.41 bits per heavy atom. The molecule has 4 nitrogen and oxygen atoms in total. The molecule has 0 radical (unpaired) electrons. The molecule has 1 N–H and O–H groups in total. The molecule has 0 saturated heterocycles. The summed E-state index contributed by atoms with van der Waals surface area (Å²) in [6, 6.07) is 11.8. The van der Waals surface area contributed by atoms with Crippen LogP contribution in [0, 0.1) is 25.2 Å². The minimum absolute atomic E-state index is 0.00411. The lowest BCUT2D eigenvalue weighted by atomic mass is 9.84. The summed E-state index contributed by atoms with van der Waals surface area (Å²) in [5.41, 5.74) is 4.65. The largest absolute Gasteiger partial charge is 0.353 e. The van der Waals surface area contributed by atoms with Gasteiger partial charge in [-0.1, -0.05) is 41.6 Å². The normalized spacial score (nSPS) is 16.4. The van der Waals surface area contributed by atoms with Gasteiger partial charge in [0.1, 0.15) is 0 Å². The second-order valence-corrected chi connectivity index (χ2v) is 8.99. The van der Waals surface area contributed by atoms with Gasteiger partial charge < -0.3 is 5.32 Å². The Morgan fingerprint density at radius 1 is 1.17 bits per heavy atom. The molecular weight excluding hydrogens is 400 g/mol. The molecule has 148 valence electrons. The molecule has 0 fully saturated rings. The van der Waals surface area contributed by atoms with Crippen molar-refractivity contribution in [2.75, 3.05) is 5.75 Å². The molecule has 6 heteroatoms. The molecule has 0 unspecified atom stereocenters. The summed E-state index contributed by atoms with van der Waals surface area (Å²) >= 11 is 2.86. The first-order valence-corrected chi connectivity index (χ1v) is 11.1. The number of Topliss-reactive ketones (excluding diaryl/α,β-unsaturated/α-hetero) is 2. The Hall–Kier alpha value is -2.62. The number of hydrogen-bond donors (Lipinski definition) is 1. The van der Waals surface area contributed by atoms with E-state index in [2.05, 4.69) is 11.4 Å². The predicted molar refractivity (Wildman–Crippen MR) is 119 cm³/mol. The number of benzene rings is 1. The van der Waals surface area contributed by atoms with E-state index >= 15 is 0 Å². The lowest BCUT2D eigenvalue weighted by molar-refractivity contribution is -0.113. The zero-order chi connectivity index (χ0) is 21.1. The van der Waals surface area contributed by atoms with Gasteiger partial charge >= 0.3 is 0 Å². The smallest absolute Gasteiger partial charge is 0.173 e. The molecule has 1 aromatic heterocycles. The van der Waals surface area contributed by atoms with Crippen LogP contribution in [-0.4, -0.2) is 17.3 Å². The lowest BCUT2D eigenvalue weighted by Crippen LogP contribution is -2.27. The van der Waals surface area contributed by atoms with Crippen molar-refractivity contribution in [3.63, 3.8) is 0 Å². The van der Waals surface area contributed by atoms with Gasteiger partial charge in [-0.25, -0.2) is 0 Å². The van der Waals surface area contributed by atoms with Gasteiger partial charge in [-0.15, -0.1) is 11.3 Å². The van der Waals surface area contributed by atoms with Gasteiger partial charge in [0, 0.05) is 21.7 Å². The Labute approximate surface area is 179 Å². The first kappa shape index (κ1) is 21.1. The Morgan fingerprint density at radius 2 is 1.86 bits per heavy atom. The van der Waals surface area contributed by atoms with Gasteiger partial charge in [-0.05, 0) is 44.7 Å². The first-order valence-electron chi connectivity index (χ1n) is 9.23. The van der Waals surface area contributed by atoms with Crippen molar-refractivity contribution in [1.29, 1.82) is 5.26 Å². The van der Waals surface area contributed by atoms with E-state index < -0.39 is 5.92 Å². The first-order chi connectivity index (χ1) is 13.8. The summed E-state index contributed by atoms with van der Waals surface area (Å²) in [7, 11) is 0.